The normalized spacial score (nSPS) is 21.9. The minimum atomic E-state index is -0.465. The Hall–Kier alpha value is -0.900. The van der Waals surface area contributed by atoms with Crippen molar-refractivity contribution in [3.63, 3.8) is 0 Å². The van der Waals surface area contributed by atoms with E-state index < -0.39 is 5.91 Å². The Bertz CT molecular complexity index is 155. The third-order valence-corrected chi connectivity index (χ3v) is 1.18. The molecule has 0 aromatic rings. The van der Waals surface area contributed by atoms with Crippen molar-refractivity contribution in [2.75, 3.05) is 20.3 Å². The molecule has 0 spiro atoms. The Balaban J connectivity index is 2.54. The molecule has 0 aromatic carbocycles. The highest BCUT2D eigenvalue weighted by Crippen LogP contribution is 1.87. The molecule has 1 fully saturated rings. The Morgan fingerprint density at radius 2 is 2.22 bits per heavy atom. The van der Waals surface area contributed by atoms with E-state index in [-0.39, 0.29) is 12.3 Å². The lowest BCUT2D eigenvalue weighted by Gasteiger charge is -2.20. The van der Waals surface area contributed by atoms with Gasteiger partial charge in [-0.05, 0) is 7.05 Å². The van der Waals surface area contributed by atoms with Crippen LogP contribution in [-0.4, -0.2) is 36.9 Å². The van der Waals surface area contributed by atoms with Crippen LogP contribution in [0.3, 0.4) is 0 Å². The Morgan fingerprint density at radius 3 is 2.67 bits per heavy atom. The summed E-state index contributed by atoms with van der Waals surface area (Å²) in [6, 6.07) is 0. The lowest BCUT2D eigenvalue weighted by molar-refractivity contribution is -0.141. The van der Waals surface area contributed by atoms with Crippen LogP contribution in [0.4, 0.5) is 0 Å². The first kappa shape index (κ1) is 6.22. The number of carbonyl (C=O) groups is 2. The molecule has 1 amide bonds. The fourth-order valence-electron chi connectivity index (χ4n) is 0.678. The fourth-order valence-corrected chi connectivity index (χ4v) is 0.678. The molecule has 1 aliphatic rings. The lowest BCUT2D eigenvalue weighted by Crippen LogP contribution is -2.49. The number of carbonyl (C=O) groups excluding carboxylic acids is 2. The highest BCUT2D eigenvalue weighted by atomic mass is 16.2. The van der Waals surface area contributed by atoms with Crippen molar-refractivity contribution in [3.05, 3.63) is 0 Å². The monoisotopic (exact) mass is 128 g/mol. The molecule has 4 heteroatoms. The third kappa shape index (κ3) is 1.26. The molecular weight excluding hydrogens is 120 g/mol. The Kier molecular flexibility index (Phi) is 1.48. The summed E-state index contributed by atoms with van der Waals surface area (Å²) in [6.07, 6.45) is 0. The van der Waals surface area contributed by atoms with E-state index in [1.165, 1.54) is 0 Å². The van der Waals surface area contributed by atoms with Crippen LogP contribution in [0.2, 0.25) is 0 Å². The van der Waals surface area contributed by atoms with E-state index in [9.17, 15) is 9.59 Å². The molecule has 0 atom stereocenters. The number of nitrogens with zero attached hydrogens (tertiary/aromatic N) is 1. The number of ketones is 1. The van der Waals surface area contributed by atoms with Crippen LogP contribution in [-0.2, 0) is 9.59 Å². The van der Waals surface area contributed by atoms with Gasteiger partial charge in [-0.1, -0.05) is 0 Å². The summed E-state index contributed by atoms with van der Waals surface area (Å²) in [5, 5.41) is 2.42. The molecule has 0 aromatic heterocycles. The summed E-state index contributed by atoms with van der Waals surface area (Å²) >= 11 is 0. The predicted molar refractivity (Wildman–Crippen MR) is 30.6 cm³/mol. The summed E-state index contributed by atoms with van der Waals surface area (Å²) in [4.78, 5) is 22.7. The number of amides is 1. The second-order valence-corrected chi connectivity index (χ2v) is 2.10. The number of hydrogen-bond donors (Lipinski definition) is 1. The number of rotatable bonds is 0. The second-order valence-electron chi connectivity index (χ2n) is 2.10. The number of hydrogen-bond acceptors (Lipinski definition) is 3. The van der Waals surface area contributed by atoms with E-state index in [1.807, 2.05) is 0 Å². The van der Waals surface area contributed by atoms with Crippen molar-refractivity contribution >= 4 is 11.7 Å². The Morgan fingerprint density at radius 1 is 1.56 bits per heavy atom. The zero-order valence-corrected chi connectivity index (χ0v) is 5.18. The van der Waals surface area contributed by atoms with Crippen LogP contribution in [0, 0.1) is 0 Å². The SMILES string of the molecule is CN1CNC(=O)C(=O)C1. The van der Waals surface area contributed by atoms with Gasteiger partial charge in [0.25, 0.3) is 5.91 Å². The maximum Gasteiger partial charge on any atom is 0.289 e. The van der Waals surface area contributed by atoms with E-state index in [4.69, 9.17) is 0 Å². The zero-order chi connectivity index (χ0) is 6.85. The zero-order valence-electron chi connectivity index (χ0n) is 5.18. The molecule has 0 radical (unpaired) electrons. The van der Waals surface area contributed by atoms with Crippen LogP contribution in [0.5, 0.6) is 0 Å². The molecule has 50 valence electrons. The smallest absolute Gasteiger partial charge is 0.289 e. The first-order chi connectivity index (χ1) is 4.20. The summed E-state index contributed by atoms with van der Waals surface area (Å²) in [5.41, 5.74) is 0. The van der Waals surface area contributed by atoms with Crippen LogP contribution in [0.15, 0.2) is 0 Å². The summed E-state index contributed by atoms with van der Waals surface area (Å²) in [5.74, 6) is -0.822. The molecule has 0 aliphatic carbocycles. The molecule has 1 N–H and O–H groups in total. The van der Waals surface area contributed by atoms with Gasteiger partial charge in [0, 0.05) is 0 Å². The van der Waals surface area contributed by atoms with E-state index in [1.54, 1.807) is 11.9 Å². The van der Waals surface area contributed by atoms with Gasteiger partial charge in [0.15, 0.2) is 0 Å². The minimum Gasteiger partial charge on any atom is -0.337 e. The summed E-state index contributed by atoms with van der Waals surface area (Å²) < 4.78 is 0. The average molecular weight is 128 g/mol. The minimum absolute atomic E-state index is 0.242. The Labute approximate surface area is 52.8 Å². The lowest BCUT2D eigenvalue weighted by atomic mass is 10.3. The topological polar surface area (TPSA) is 49.4 Å². The van der Waals surface area contributed by atoms with Gasteiger partial charge in [-0.25, -0.2) is 0 Å². The molecule has 9 heavy (non-hydrogen) atoms. The third-order valence-electron chi connectivity index (χ3n) is 1.18. The maximum atomic E-state index is 10.6. The average Bonchev–Trinajstić information content (AvgIpc) is 1.80. The largest absolute Gasteiger partial charge is 0.337 e. The second kappa shape index (κ2) is 2.14. The first-order valence-corrected chi connectivity index (χ1v) is 2.70. The molecule has 0 bridgehead atoms. The molecular formula is C5H8N2O2. The van der Waals surface area contributed by atoms with E-state index >= 15 is 0 Å². The molecule has 1 saturated heterocycles. The van der Waals surface area contributed by atoms with Gasteiger partial charge < -0.3 is 5.32 Å². The van der Waals surface area contributed by atoms with Crippen molar-refractivity contribution < 1.29 is 9.59 Å². The van der Waals surface area contributed by atoms with Crippen LogP contribution < -0.4 is 5.32 Å². The molecule has 0 unspecified atom stereocenters. The molecule has 1 rings (SSSR count). The number of nitrogens with one attached hydrogen (secondary N) is 1. The molecule has 1 heterocycles. The molecule has 1 aliphatic heterocycles. The maximum absolute atomic E-state index is 10.6. The van der Waals surface area contributed by atoms with Crippen molar-refractivity contribution in [2.24, 2.45) is 0 Å². The molecule has 4 nitrogen and oxygen atoms in total. The predicted octanol–water partition coefficient (Wildman–Crippen LogP) is -1.43. The standard InChI is InChI=1S/C5H8N2O2/c1-7-2-4(8)5(9)6-3-7/h2-3H2,1H3,(H,6,9). The van der Waals surface area contributed by atoms with Crippen molar-refractivity contribution in [1.29, 1.82) is 0 Å². The summed E-state index contributed by atoms with van der Waals surface area (Å²) in [7, 11) is 1.78. The van der Waals surface area contributed by atoms with Gasteiger partial charge in [0.1, 0.15) is 0 Å². The van der Waals surface area contributed by atoms with Crippen LogP contribution >= 0.6 is 0 Å². The van der Waals surface area contributed by atoms with Gasteiger partial charge in [-0.15, -0.1) is 0 Å². The van der Waals surface area contributed by atoms with E-state index in [2.05, 4.69) is 5.32 Å². The van der Waals surface area contributed by atoms with Crippen molar-refractivity contribution in [2.45, 2.75) is 0 Å². The van der Waals surface area contributed by atoms with Gasteiger partial charge in [-0.3, -0.25) is 14.5 Å². The van der Waals surface area contributed by atoms with Crippen LogP contribution in [0.1, 0.15) is 0 Å². The van der Waals surface area contributed by atoms with Gasteiger partial charge >= 0.3 is 0 Å². The van der Waals surface area contributed by atoms with Crippen molar-refractivity contribution in [1.82, 2.24) is 10.2 Å². The van der Waals surface area contributed by atoms with E-state index in [0.717, 1.165) is 0 Å². The van der Waals surface area contributed by atoms with Gasteiger partial charge in [0.05, 0.1) is 13.2 Å². The van der Waals surface area contributed by atoms with Gasteiger partial charge in [0.2, 0.25) is 5.78 Å². The number of Topliss-reactive ketones (excluding diaryl/α,β-unsaturated/α-hetero) is 1. The fraction of sp³-hybridized carbons (Fsp3) is 0.600. The number of likely N-dealkylation sites (N-methyl/N-ethyl adjacent to an activating group) is 1. The highest BCUT2D eigenvalue weighted by molar-refractivity contribution is 6.37. The highest BCUT2D eigenvalue weighted by Gasteiger charge is 2.20. The van der Waals surface area contributed by atoms with Gasteiger partial charge in [-0.2, -0.15) is 0 Å². The quantitative estimate of drug-likeness (QED) is 0.407. The van der Waals surface area contributed by atoms with Crippen LogP contribution in [0.25, 0.3) is 0 Å². The van der Waals surface area contributed by atoms with E-state index in [0.29, 0.717) is 6.67 Å². The van der Waals surface area contributed by atoms with Crippen molar-refractivity contribution in [3.8, 4) is 0 Å². The molecule has 0 saturated carbocycles. The summed E-state index contributed by atoms with van der Waals surface area (Å²) in [6.45, 7) is 0.719. The first-order valence-electron chi connectivity index (χ1n) is 2.70.